The molecule has 2 fully saturated rings. The summed E-state index contributed by atoms with van der Waals surface area (Å²) < 4.78 is 10.9. The van der Waals surface area contributed by atoms with Crippen molar-refractivity contribution in [3.63, 3.8) is 0 Å². The van der Waals surface area contributed by atoms with Gasteiger partial charge in [0.2, 0.25) is 0 Å². The fourth-order valence-corrected chi connectivity index (χ4v) is 2.15. The molecule has 0 aromatic carbocycles. The van der Waals surface area contributed by atoms with Gasteiger partial charge in [0.15, 0.2) is 0 Å². The number of hydrogen-bond donors (Lipinski definition) is 0. The molecular weight excluding hydrogens is 257 g/mol. The first kappa shape index (κ1) is 8.22. The van der Waals surface area contributed by atoms with E-state index in [-0.39, 0.29) is 0 Å². The minimum atomic E-state index is 0.377. The molecule has 4 heteroatoms. The Labute approximate surface area is 80.2 Å². The summed E-state index contributed by atoms with van der Waals surface area (Å²) in [6, 6.07) is 0.677. The molecule has 0 N–H and O–H groups in total. The lowest BCUT2D eigenvalue weighted by atomic mass is 10.2. The van der Waals surface area contributed by atoms with Gasteiger partial charge in [0.05, 0.1) is 25.9 Å². The van der Waals surface area contributed by atoms with Crippen LogP contribution < -0.4 is 0 Å². The zero-order chi connectivity index (χ0) is 7.68. The number of rotatable bonds is 1. The molecule has 64 valence electrons. The number of morpholine rings is 1. The molecule has 2 heterocycles. The van der Waals surface area contributed by atoms with Crippen LogP contribution >= 0.6 is 22.6 Å². The number of ether oxygens (including phenoxy) is 2. The van der Waals surface area contributed by atoms with Gasteiger partial charge in [-0.05, 0) is 22.6 Å². The SMILES string of the molecule is I[C@H]1CN(C2COC2)CCO1. The van der Waals surface area contributed by atoms with Crippen molar-refractivity contribution in [2.45, 2.75) is 10.2 Å². The van der Waals surface area contributed by atoms with Gasteiger partial charge in [-0.15, -0.1) is 0 Å². The highest BCUT2D eigenvalue weighted by atomic mass is 127. The number of nitrogens with zero attached hydrogens (tertiary/aromatic N) is 1. The molecule has 0 spiro atoms. The highest BCUT2D eigenvalue weighted by Crippen LogP contribution is 2.17. The summed E-state index contributed by atoms with van der Waals surface area (Å²) in [5.74, 6) is 0. The molecule has 0 bridgehead atoms. The third-order valence-corrected chi connectivity index (χ3v) is 2.95. The third kappa shape index (κ3) is 1.85. The van der Waals surface area contributed by atoms with E-state index in [1.165, 1.54) is 0 Å². The summed E-state index contributed by atoms with van der Waals surface area (Å²) in [6.45, 7) is 4.86. The highest BCUT2D eigenvalue weighted by molar-refractivity contribution is 14.1. The first-order chi connectivity index (χ1) is 5.36. The van der Waals surface area contributed by atoms with Crippen LogP contribution in [0.2, 0.25) is 0 Å². The Hall–Kier alpha value is 0.610. The van der Waals surface area contributed by atoms with E-state index in [9.17, 15) is 0 Å². The van der Waals surface area contributed by atoms with Gasteiger partial charge < -0.3 is 9.47 Å². The standard InChI is InChI=1S/C7H12INO2/c8-7-3-9(1-2-11-7)6-4-10-5-6/h6-7H,1-5H2/t7-/m1/s1. The average molecular weight is 269 g/mol. The van der Waals surface area contributed by atoms with Crippen LogP contribution in [0.1, 0.15) is 0 Å². The second-order valence-electron chi connectivity index (χ2n) is 2.97. The van der Waals surface area contributed by atoms with Crippen molar-refractivity contribution in [2.75, 3.05) is 32.9 Å². The highest BCUT2D eigenvalue weighted by Gasteiger charge is 2.29. The lowest BCUT2D eigenvalue weighted by Gasteiger charge is -2.40. The molecule has 2 aliphatic rings. The van der Waals surface area contributed by atoms with Crippen molar-refractivity contribution in [3.8, 4) is 0 Å². The van der Waals surface area contributed by atoms with Gasteiger partial charge in [-0.1, -0.05) is 0 Å². The summed E-state index contributed by atoms with van der Waals surface area (Å²) in [4.78, 5) is 2.46. The quantitative estimate of drug-likeness (QED) is 0.510. The first-order valence-electron chi connectivity index (χ1n) is 3.94. The Bertz CT molecular complexity index is 140. The minimum absolute atomic E-state index is 0.377. The fourth-order valence-electron chi connectivity index (χ4n) is 1.39. The summed E-state index contributed by atoms with van der Waals surface area (Å²) in [5.41, 5.74) is 0. The van der Waals surface area contributed by atoms with Crippen LogP contribution in [-0.4, -0.2) is 48.0 Å². The van der Waals surface area contributed by atoms with Gasteiger partial charge in [0, 0.05) is 13.1 Å². The molecule has 0 saturated carbocycles. The van der Waals surface area contributed by atoms with Gasteiger partial charge in [0.25, 0.3) is 0 Å². The molecule has 0 radical (unpaired) electrons. The lowest BCUT2D eigenvalue weighted by Crippen LogP contribution is -2.54. The molecule has 2 aliphatic heterocycles. The van der Waals surface area contributed by atoms with Crippen LogP contribution in [0, 0.1) is 0 Å². The van der Waals surface area contributed by atoms with Crippen molar-refractivity contribution in [3.05, 3.63) is 0 Å². The van der Waals surface area contributed by atoms with Crippen molar-refractivity contribution in [1.82, 2.24) is 4.90 Å². The first-order valence-corrected chi connectivity index (χ1v) is 5.18. The van der Waals surface area contributed by atoms with E-state index in [4.69, 9.17) is 9.47 Å². The predicted molar refractivity (Wildman–Crippen MR) is 49.9 cm³/mol. The van der Waals surface area contributed by atoms with Crippen molar-refractivity contribution < 1.29 is 9.47 Å². The van der Waals surface area contributed by atoms with Crippen LogP contribution in [0.4, 0.5) is 0 Å². The Balaban J connectivity index is 1.82. The second kappa shape index (κ2) is 3.55. The van der Waals surface area contributed by atoms with E-state index in [1.807, 2.05) is 0 Å². The van der Waals surface area contributed by atoms with Crippen LogP contribution in [0.25, 0.3) is 0 Å². The summed E-state index contributed by atoms with van der Waals surface area (Å²) in [6.07, 6.45) is 0. The lowest BCUT2D eigenvalue weighted by molar-refractivity contribution is -0.0956. The van der Waals surface area contributed by atoms with E-state index in [0.29, 0.717) is 10.2 Å². The largest absolute Gasteiger partial charge is 0.378 e. The maximum Gasteiger partial charge on any atom is 0.121 e. The van der Waals surface area contributed by atoms with E-state index < -0.39 is 0 Å². The smallest absolute Gasteiger partial charge is 0.121 e. The monoisotopic (exact) mass is 269 g/mol. The van der Waals surface area contributed by atoms with E-state index >= 15 is 0 Å². The maximum atomic E-state index is 5.43. The molecule has 2 saturated heterocycles. The molecule has 11 heavy (non-hydrogen) atoms. The van der Waals surface area contributed by atoms with Crippen LogP contribution in [-0.2, 0) is 9.47 Å². The molecule has 0 aromatic rings. The summed E-state index contributed by atoms with van der Waals surface area (Å²) in [7, 11) is 0. The predicted octanol–water partition coefficient (Wildman–Crippen LogP) is 0.479. The molecule has 0 amide bonds. The Morgan fingerprint density at radius 2 is 2.18 bits per heavy atom. The van der Waals surface area contributed by atoms with Crippen molar-refractivity contribution >= 4 is 22.6 Å². The Morgan fingerprint density at radius 3 is 2.73 bits per heavy atom. The zero-order valence-corrected chi connectivity index (χ0v) is 8.49. The molecule has 2 rings (SSSR count). The van der Waals surface area contributed by atoms with Crippen molar-refractivity contribution in [1.29, 1.82) is 0 Å². The minimum Gasteiger partial charge on any atom is -0.378 e. The van der Waals surface area contributed by atoms with Gasteiger partial charge >= 0.3 is 0 Å². The fraction of sp³-hybridized carbons (Fsp3) is 1.00. The molecule has 0 aliphatic carbocycles. The summed E-state index contributed by atoms with van der Waals surface area (Å²) in [5, 5.41) is 0. The summed E-state index contributed by atoms with van der Waals surface area (Å²) >= 11 is 2.34. The van der Waals surface area contributed by atoms with Gasteiger partial charge in [-0.3, -0.25) is 4.90 Å². The van der Waals surface area contributed by atoms with E-state index in [1.54, 1.807) is 0 Å². The Morgan fingerprint density at radius 1 is 1.36 bits per heavy atom. The second-order valence-corrected chi connectivity index (χ2v) is 4.36. The van der Waals surface area contributed by atoms with Gasteiger partial charge in [-0.25, -0.2) is 0 Å². The molecule has 1 atom stereocenters. The normalized spacial score (nSPS) is 35.2. The molecular formula is C7H12INO2. The van der Waals surface area contributed by atoms with Crippen LogP contribution in [0.3, 0.4) is 0 Å². The topological polar surface area (TPSA) is 21.7 Å². The van der Waals surface area contributed by atoms with E-state index in [2.05, 4.69) is 27.5 Å². The van der Waals surface area contributed by atoms with Gasteiger partial charge in [-0.2, -0.15) is 0 Å². The van der Waals surface area contributed by atoms with Crippen LogP contribution in [0.15, 0.2) is 0 Å². The van der Waals surface area contributed by atoms with E-state index in [0.717, 1.165) is 32.9 Å². The average Bonchev–Trinajstić information content (AvgIpc) is 1.83. The van der Waals surface area contributed by atoms with Crippen molar-refractivity contribution in [2.24, 2.45) is 0 Å². The molecule has 3 nitrogen and oxygen atoms in total. The van der Waals surface area contributed by atoms with Crippen LogP contribution in [0.5, 0.6) is 0 Å². The maximum absolute atomic E-state index is 5.43. The van der Waals surface area contributed by atoms with Gasteiger partial charge in [0.1, 0.15) is 4.11 Å². The Kier molecular flexibility index (Phi) is 2.65. The third-order valence-electron chi connectivity index (χ3n) is 2.19. The molecule has 0 aromatic heterocycles. The molecule has 0 unspecified atom stereocenters. The number of halogens is 1. The zero-order valence-electron chi connectivity index (χ0n) is 6.33. The number of alkyl halides is 1. The number of hydrogen-bond acceptors (Lipinski definition) is 3.